The van der Waals surface area contributed by atoms with E-state index in [0.29, 0.717) is 68.7 Å². The van der Waals surface area contributed by atoms with E-state index in [4.69, 9.17) is 5.73 Å². The van der Waals surface area contributed by atoms with E-state index in [1.807, 2.05) is 21.9 Å². The van der Waals surface area contributed by atoms with Crippen LogP contribution in [0.5, 0.6) is 0 Å². The molecule has 0 aliphatic carbocycles. The number of nitrogens with zero attached hydrogens (tertiary/aromatic N) is 9. The van der Waals surface area contributed by atoms with E-state index in [0.717, 1.165) is 68.0 Å². The Morgan fingerprint density at radius 2 is 1.66 bits per heavy atom. The monoisotopic (exact) mass is 836 g/mol. The molecule has 9 rings (SSSR count). The first-order valence-corrected chi connectivity index (χ1v) is 21.1. The Labute approximate surface area is 351 Å². The highest BCUT2D eigenvalue weighted by molar-refractivity contribution is 6.23. The van der Waals surface area contributed by atoms with Crippen LogP contribution in [-0.4, -0.2) is 148 Å². The molecule has 61 heavy (non-hydrogen) atoms. The molecule has 0 bridgehead atoms. The van der Waals surface area contributed by atoms with Gasteiger partial charge >= 0.3 is 6.03 Å². The third-order valence-corrected chi connectivity index (χ3v) is 13.1. The number of benzene rings is 2. The Morgan fingerprint density at radius 3 is 2.41 bits per heavy atom. The van der Waals surface area contributed by atoms with Crippen molar-refractivity contribution in [3.8, 4) is 0 Å². The van der Waals surface area contributed by atoms with Crippen molar-refractivity contribution in [2.75, 3.05) is 81.1 Å². The molecule has 6 aliphatic heterocycles. The largest absolute Gasteiger partial charge is 0.371 e. The fourth-order valence-corrected chi connectivity index (χ4v) is 9.75. The zero-order valence-corrected chi connectivity index (χ0v) is 34.1. The third-order valence-electron chi connectivity index (χ3n) is 13.1. The van der Waals surface area contributed by atoms with Crippen molar-refractivity contribution in [2.24, 2.45) is 11.7 Å². The molecule has 7 amide bonds. The normalized spacial score (nSPS) is 22.7. The van der Waals surface area contributed by atoms with E-state index < -0.39 is 35.6 Å². The van der Waals surface area contributed by atoms with Crippen LogP contribution < -0.4 is 26.2 Å². The number of fused-ring (bicyclic) bond motifs is 2. The number of urea groups is 1. The van der Waals surface area contributed by atoms with Gasteiger partial charge in [0.2, 0.25) is 17.8 Å². The lowest BCUT2D eigenvalue weighted by Gasteiger charge is -2.37. The molecule has 2 unspecified atom stereocenters. The predicted octanol–water partition coefficient (Wildman–Crippen LogP) is 1.91. The van der Waals surface area contributed by atoms with Crippen LogP contribution in [-0.2, 0) is 22.4 Å². The fraction of sp³-hybridized carbons (Fsp3) is 0.500. The number of carbonyl (C=O) groups excluding carboxylic acids is 6. The standard InChI is InChI=1S/C42H49FN12O6/c1-50-17-18-54(42(50)61)28-3-2-12-53(23-28)41-47-37(35(36(44)57)48-49-41)45-26-19-25-10-13-51(14-11-29(25)32(43)20-26)22-24-8-15-52(16-9-24)27-4-5-30-31(21-27)40(60)55(39(30)59)33-6-7-34(56)46-38(33)58/h4-5,19-21,24,28,33H,2-3,6-18,22-23H2,1H3,(H2,44,57)(H,45,47,49)(H,46,56,58). The highest BCUT2D eigenvalue weighted by Gasteiger charge is 2.45. The molecule has 1 aromatic heterocycles. The molecule has 0 radical (unpaired) electrons. The first-order chi connectivity index (χ1) is 29.4. The minimum absolute atomic E-state index is 0.00366. The van der Waals surface area contributed by atoms with E-state index in [-0.39, 0.29) is 53.4 Å². The molecular weight excluding hydrogens is 788 g/mol. The summed E-state index contributed by atoms with van der Waals surface area (Å²) in [5, 5.41) is 13.7. The molecule has 2 atom stereocenters. The second kappa shape index (κ2) is 16.3. The average Bonchev–Trinajstić information content (AvgIpc) is 3.61. The maximum atomic E-state index is 15.8. The van der Waals surface area contributed by atoms with Gasteiger partial charge in [-0.25, -0.2) is 9.18 Å². The van der Waals surface area contributed by atoms with Gasteiger partial charge in [0.1, 0.15) is 11.9 Å². The molecule has 7 heterocycles. The van der Waals surface area contributed by atoms with E-state index in [2.05, 4.69) is 35.6 Å². The van der Waals surface area contributed by atoms with E-state index >= 15 is 4.39 Å². The molecule has 2 aromatic carbocycles. The zero-order chi connectivity index (χ0) is 42.5. The quantitative estimate of drug-likeness (QED) is 0.264. The number of hydrogen-bond donors (Lipinski definition) is 3. The molecule has 18 nitrogen and oxygen atoms in total. The number of aromatic nitrogens is 3. The Kier molecular flexibility index (Phi) is 10.7. The second-order valence-electron chi connectivity index (χ2n) is 16.9. The van der Waals surface area contributed by atoms with Gasteiger partial charge in [0, 0.05) is 83.7 Å². The molecule has 4 fully saturated rings. The van der Waals surface area contributed by atoms with E-state index in [9.17, 15) is 28.8 Å². The summed E-state index contributed by atoms with van der Waals surface area (Å²) >= 11 is 0. The molecule has 0 spiro atoms. The molecule has 6 aliphatic rings. The van der Waals surface area contributed by atoms with Crippen LogP contribution in [0.4, 0.5) is 32.3 Å². The lowest BCUT2D eigenvalue weighted by molar-refractivity contribution is -0.136. The van der Waals surface area contributed by atoms with Crippen molar-refractivity contribution in [3.63, 3.8) is 0 Å². The van der Waals surface area contributed by atoms with Gasteiger partial charge in [0.25, 0.3) is 17.7 Å². The number of likely N-dealkylation sites (N-methyl/N-ethyl adjacent to an activating group) is 1. The number of amides is 7. The molecule has 0 saturated carbocycles. The van der Waals surface area contributed by atoms with Crippen LogP contribution >= 0.6 is 0 Å². The van der Waals surface area contributed by atoms with Crippen molar-refractivity contribution < 1.29 is 33.2 Å². The van der Waals surface area contributed by atoms with Gasteiger partial charge in [0.15, 0.2) is 11.5 Å². The second-order valence-corrected chi connectivity index (χ2v) is 16.9. The summed E-state index contributed by atoms with van der Waals surface area (Å²) in [5.41, 5.74) is 8.87. The smallest absolute Gasteiger partial charge is 0.320 e. The number of piperidine rings is 3. The topological polar surface area (TPSA) is 211 Å². The number of imide groups is 2. The zero-order valence-electron chi connectivity index (χ0n) is 34.1. The van der Waals surface area contributed by atoms with Crippen molar-refractivity contribution in [1.29, 1.82) is 0 Å². The molecule has 320 valence electrons. The van der Waals surface area contributed by atoms with Crippen molar-refractivity contribution in [2.45, 2.75) is 63.5 Å². The summed E-state index contributed by atoms with van der Waals surface area (Å²) in [7, 11) is 1.79. The number of rotatable bonds is 9. The lowest BCUT2D eigenvalue weighted by atomic mass is 9.95. The van der Waals surface area contributed by atoms with Gasteiger partial charge in [-0.05, 0) is 92.3 Å². The van der Waals surface area contributed by atoms with E-state index in [1.54, 1.807) is 24.1 Å². The third kappa shape index (κ3) is 7.81. The predicted molar refractivity (Wildman–Crippen MR) is 220 cm³/mol. The lowest BCUT2D eigenvalue weighted by Crippen LogP contribution is -2.54. The number of carbonyl (C=O) groups is 6. The molecule has 19 heteroatoms. The molecule has 4 N–H and O–H groups in total. The van der Waals surface area contributed by atoms with Crippen LogP contribution in [0.1, 0.15) is 80.9 Å². The first-order valence-electron chi connectivity index (χ1n) is 21.1. The summed E-state index contributed by atoms with van der Waals surface area (Å²) in [4.78, 5) is 91.6. The van der Waals surface area contributed by atoms with Crippen LogP contribution in [0.25, 0.3) is 0 Å². The van der Waals surface area contributed by atoms with Gasteiger partial charge in [0.05, 0.1) is 17.2 Å². The maximum Gasteiger partial charge on any atom is 0.320 e. The molecule has 3 aromatic rings. The average molecular weight is 837 g/mol. The maximum absolute atomic E-state index is 15.8. The Balaban J connectivity index is 0.812. The Morgan fingerprint density at radius 1 is 0.869 bits per heavy atom. The van der Waals surface area contributed by atoms with Crippen molar-refractivity contribution in [3.05, 3.63) is 64.1 Å². The molecule has 4 saturated heterocycles. The number of nitrogens with one attached hydrogen (secondary N) is 2. The number of halogens is 1. The summed E-state index contributed by atoms with van der Waals surface area (Å²) < 4.78 is 15.8. The SMILES string of the molecule is CN1CCN(C2CCCN(c3nnc(C(N)=O)c(Nc4cc(F)c5c(c4)CCN(CC4CCN(c6ccc7c(c6)C(=O)N(C6CCC(=O)NC6=O)C7=O)CC4)CC5)n3)C2)C1=O. The van der Waals surface area contributed by atoms with Gasteiger partial charge in [-0.15, -0.1) is 10.2 Å². The number of hydrogen-bond acceptors (Lipinski definition) is 13. The van der Waals surface area contributed by atoms with Crippen LogP contribution in [0.2, 0.25) is 0 Å². The highest BCUT2D eigenvalue weighted by atomic mass is 19.1. The number of primary amides is 1. The van der Waals surface area contributed by atoms with Crippen LogP contribution in [0, 0.1) is 11.7 Å². The van der Waals surface area contributed by atoms with Gasteiger partial charge in [-0.2, -0.15) is 4.98 Å². The van der Waals surface area contributed by atoms with Crippen molar-refractivity contribution in [1.82, 2.24) is 40.1 Å². The molecular formula is C42H49FN12O6. The highest BCUT2D eigenvalue weighted by Crippen LogP contribution is 2.34. The minimum Gasteiger partial charge on any atom is -0.371 e. The van der Waals surface area contributed by atoms with Gasteiger partial charge in [-0.3, -0.25) is 34.2 Å². The fourth-order valence-electron chi connectivity index (χ4n) is 9.75. The number of anilines is 4. The van der Waals surface area contributed by atoms with Crippen LogP contribution in [0.15, 0.2) is 30.3 Å². The Bertz CT molecular complexity index is 2320. The summed E-state index contributed by atoms with van der Waals surface area (Å²) in [6, 6.07) is 7.55. The minimum atomic E-state index is -1.00. The van der Waals surface area contributed by atoms with Crippen LogP contribution in [0.3, 0.4) is 0 Å². The van der Waals surface area contributed by atoms with Gasteiger partial charge < -0.3 is 35.6 Å². The van der Waals surface area contributed by atoms with E-state index in [1.165, 1.54) is 6.07 Å². The Hall–Kier alpha value is -6.24. The summed E-state index contributed by atoms with van der Waals surface area (Å²) in [6.07, 6.45) is 4.88. The summed E-state index contributed by atoms with van der Waals surface area (Å²) in [6.45, 7) is 6.37. The summed E-state index contributed by atoms with van der Waals surface area (Å²) in [5.74, 6) is -2.43. The number of nitrogens with two attached hydrogens (primary N) is 1. The first kappa shape index (κ1) is 40.2. The van der Waals surface area contributed by atoms with Gasteiger partial charge in [-0.1, -0.05) is 0 Å². The van der Waals surface area contributed by atoms with Crippen molar-refractivity contribution >= 4 is 58.7 Å².